The third-order valence-corrected chi connectivity index (χ3v) is 2.04. The zero-order chi connectivity index (χ0) is 12.1. The average molecular weight is 219 g/mol. The van der Waals surface area contributed by atoms with Crippen molar-refractivity contribution in [2.75, 3.05) is 0 Å². The molecule has 0 unspecified atom stereocenters. The van der Waals surface area contributed by atoms with E-state index in [9.17, 15) is 9.59 Å². The lowest BCUT2D eigenvalue weighted by molar-refractivity contribution is 0.0351. The van der Waals surface area contributed by atoms with Crippen LogP contribution in [0.25, 0.3) is 0 Å². The second-order valence-electron chi connectivity index (χ2n) is 3.49. The summed E-state index contributed by atoms with van der Waals surface area (Å²) in [5.41, 5.74) is 0.166. The largest absolute Gasteiger partial charge is 0.458 e. The van der Waals surface area contributed by atoms with Gasteiger partial charge in [0.25, 0.3) is 0 Å². The summed E-state index contributed by atoms with van der Waals surface area (Å²) < 4.78 is 6.40. The first-order valence-corrected chi connectivity index (χ1v) is 4.85. The fraction of sp³-hybridized carbons (Fsp3) is 0.333. The molecule has 0 aliphatic carbocycles. The molecule has 16 heavy (non-hydrogen) atoms. The Morgan fingerprint density at radius 3 is 2.88 bits per heavy atom. The van der Waals surface area contributed by atoms with Crippen LogP contribution in [0.4, 0.5) is 0 Å². The summed E-state index contributed by atoms with van der Waals surface area (Å²) in [6, 6.07) is 2.76. The molecule has 1 rings (SSSR count). The van der Waals surface area contributed by atoms with Crippen LogP contribution in [0.3, 0.4) is 0 Å². The lowest BCUT2D eigenvalue weighted by Gasteiger charge is -2.10. The Bertz CT molecular complexity index is 482. The van der Waals surface area contributed by atoms with Crippen LogP contribution in [0.2, 0.25) is 0 Å². The van der Waals surface area contributed by atoms with Gasteiger partial charge in [-0.25, -0.2) is 4.79 Å². The Kier molecular flexibility index (Phi) is 3.90. The molecule has 0 aliphatic heterocycles. The first-order valence-electron chi connectivity index (χ1n) is 4.85. The maximum atomic E-state index is 11.6. The molecule has 0 fully saturated rings. The van der Waals surface area contributed by atoms with Gasteiger partial charge in [0, 0.05) is 25.7 Å². The monoisotopic (exact) mass is 219 g/mol. The van der Waals surface area contributed by atoms with Gasteiger partial charge >= 0.3 is 5.97 Å². The standard InChI is InChI=1S/C12H13NO3/c1-4-5-9(2)16-12(15)10-6-7-11(14)13(3)8-10/h1,6-9H,5H2,2-3H3/t9-/m0/s1. The summed E-state index contributed by atoms with van der Waals surface area (Å²) in [6.45, 7) is 1.72. The van der Waals surface area contributed by atoms with Crippen LogP contribution in [-0.4, -0.2) is 16.6 Å². The van der Waals surface area contributed by atoms with Crippen molar-refractivity contribution in [1.82, 2.24) is 4.57 Å². The van der Waals surface area contributed by atoms with Gasteiger partial charge in [-0.1, -0.05) is 0 Å². The molecular formula is C12H13NO3. The number of esters is 1. The van der Waals surface area contributed by atoms with Crippen molar-refractivity contribution >= 4 is 5.97 Å². The topological polar surface area (TPSA) is 48.3 Å². The highest BCUT2D eigenvalue weighted by atomic mass is 16.5. The van der Waals surface area contributed by atoms with Crippen LogP contribution in [-0.2, 0) is 11.8 Å². The number of carbonyl (C=O) groups excluding carboxylic acids is 1. The Labute approximate surface area is 93.9 Å². The van der Waals surface area contributed by atoms with E-state index in [1.54, 1.807) is 14.0 Å². The Morgan fingerprint density at radius 2 is 2.31 bits per heavy atom. The molecule has 1 heterocycles. The van der Waals surface area contributed by atoms with Crippen molar-refractivity contribution in [3.8, 4) is 12.3 Å². The number of hydrogen-bond donors (Lipinski definition) is 0. The Morgan fingerprint density at radius 1 is 1.62 bits per heavy atom. The van der Waals surface area contributed by atoms with Crippen LogP contribution < -0.4 is 5.56 Å². The molecule has 4 nitrogen and oxygen atoms in total. The Balaban J connectivity index is 2.78. The zero-order valence-corrected chi connectivity index (χ0v) is 9.27. The van der Waals surface area contributed by atoms with Crippen LogP contribution in [0.5, 0.6) is 0 Å². The van der Waals surface area contributed by atoms with Crippen molar-refractivity contribution in [2.45, 2.75) is 19.4 Å². The highest BCUT2D eigenvalue weighted by Crippen LogP contribution is 2.03. The highest BCUT2D eigenvalue weighted by Gasteiger charge is 2.11. The number of aryl methyl sites for hydroxylation is 1. The molecule has 0 saturated carbocycles. The van der Waals surface area contributed by atoms with Gasteiger partial charge < -0.3 is 9.30 Å². The van der Waals surface area contributed by atoms with Gasteiger partial charge in [0.2, 0.25) is 5.56 Å². The van der Waals surface area contributed by atoms with Gasteiger partial charge in [-0.15, -0.1) is 12.3 Å². The van der Waals surface area contributed by atoms with E-state index < -0.39 is 5.97 Å². The molecule has 0 radical (unpaired) electrons. The summed E-state index contributed by atoms with van der Waals surface area (Å²) in [7, 11) is 1.57. The van der Waals surface area contributed by atoms with E-state index in [-0.39, 0.29) is 11.7 Å². The molecule has 4 heteroatoms. The number of nitrogens with zero attached hydrogens (tertiary/aromatic N) is 1. The minimum Gasteiger partial charge on any atom is -0.458 e. The molecule has 0 aromatic carbocycles. The van der Waals surface area contributed by atoms with E-state index in [1.807, 2.05) is 0 Å². The summed E-state index contributed by atoms with van der Waals surface area (Å²) >= 11 is 0. The van der Waals surface area contributed by atoms with Crippen molar-refractivity contribution in [3.05, 3.63) is 34.2 Å². The summed E-state index contributed by atoms with van der Waals surface area (Å²) in [5.74, 6) is 1.94. The minimum absolute atomic E-state index is 0.173. The number of carbonyl (C=O) groups is 1. The maximum absolute atomic E-state index is 11.6. The van der Waals surface area contributed by atoms with E-state index in [1.165, 1.54) is 22.9 Å². The van der Waals surface area contributed by atoms with E-state index >= 15 is 0 Å². The van der Waals surface area contributed by atoms with Crippen molar-refractivity contribution in [3.63, 3.8) is 0 Å². The third kappa shape index (κ3) is 2.99. The number of terminal acetylenes is 1. The normalized spacial score (nSPS) is 11.6. The van der Waals surface area contributed by atoms with Gasteiger partial charge in [0.1, 0.15) is 6.10 Å². The molecule has 0 spiro atoms. The molecule has 1 aromatic heterocycles. The number of rotatable bonds is 3. The first kappa shape index (κ1) is 12.1. The van der Waals surface area contributed by atoms with Crippen LogP contribution in [0.15, 0.2) is 23.1 Å². The fourth-order valence-electron chi connectivity index (χ4n) is 1.17. The zero-order valence-electron chi connectivity index (χ0n) is 9.27. The van der Waals surface area contributed by atoms with Crippen LogP contribution >= 0.6 is 0 Å². The quantitative estimate of drug-likeness (QED) is 0.562. The number of pyridine rings is 1. The molecule has 1 atom stereocenters. The lowest BCUT2D eigenvalue weighted by atomic mass is 10.2. The SMILES string of the molecule is C#CC[C@H](C)OC(=O)c1ccc(=O)n(C)c1. The van der Waals surface area contributed by atoms with Gasteiger partial charge in [-0.3, -0.25) is 4.79 Å². The average Bonchev–Trinajstić information content (AvgIpc) is 2.22. The smallest absolute Gasteiger partial charge is 0.339 e. The summed E-state index contributed by atoms with van der Waals surface area (Å²) in [5, 5.41) is 0. The van der Waals surface area contributed by atoms with Crippen molar-refractivity contribution in [2.24, 2.45) is 7.05 Å². The van der Waals surface area contributed by atoms with Crippen molar-refractivity contribution < 1.29 is 9.53 Å². The predicted octanol–water partition coefficient (Wildman–Crippen LogP) is 0.954. The molecule has 84 valence electrons. The van der Waals surface area contributed by atoms with Gasteiger partial charge in [-0.2, -0.15) is 0 Å². The van der Waals surface area contributed by atoms with Gasteiger partial charge in [0.05, 0.1) is 5.56 Å². The fourth-order valence-corrected chi connectivity index (χ4v) is 1.17. The molecule has 1 aromatic rings. The van der Waals surface area contributed by atoms with E-state index in [2.05, 4.69) is 5.92 Å². The lowest BCUT2D eigenvalue weighted by Crippen LogP contribution is -2.19. The van der Waals surface area contributed by atoms with E-state index in [0.717, 1.165) is 0 Å². The first-order chi connectivity index (χ1) is 7.54. The molecular weight excluding hydrogens is 206 g/mol. The summed E-state index contributed by atoms with van der Waals surface area (Å²) in [4.78, 5) is 22.7. The predicted molar refractivity (Wildman–Crippen MR) is 60.0 cm³/mol. The second-order valence-corrected chi connectivity index (χ2v) is 3.49. The third-order valence-electron chi connectivity index (χ3n) is 2.04. The number of aromatic nitrogens is 1. The van der Waals surface area contributed by atoms with Gasteiger partial charge in [-0.05, 0) is 13.0 Å². The maximum Gasteiger partial charge on any atom is 0.339 e. The van der Waals surface area contributed by atoms with Crippen LogP contribution in [0, 0.1) is 12.3 Å². The molecule has 0 amide bonds. The van der Waals surface area contributed by atoms with Gasteiger partial charge in [0.15, 0.2) is 0 Å². The molecule has 0 saturated heterocycles. The van der Waals surface area contributed by atoms with Crippen LogP contribution in [0.1, 0.15) is 23.7 Å². The molecule has 0 bridgehead atoms. The van der Waals surface area contributed by atoms with E-state index in [0.29, 0.717) is 12.0 Å². The second kappa shape index (κ2) is 5.17. The molecule has 0 aliphatic rings. The summed E-state index contributed by atoms with van der Waals surface area (Å²) in [6.07, 6.45) is 6.59. The van der Waals surface area contributed by atoms with Crippen molar-refractivity contribution in [1.29, 1.82) is 0 Å². The number of ether oxygens (including phenoxy) is 1. The Hall–Kier alpha value is -2.02. The molecule has 0 N–H and O–H groups in total. The highest BCUT2D eigenvalue weighted by molar-refractivity contribution is 5.89. The minimum atomic E-state index is -0.474. The number of hydrogen-bond acceptors (Lipinski definition) is 3. The van der Waals surface area contributed by atoms with E-state index in [4.69, 9.17) is 11.2 Å².